The van der Waals surface area contributed by atoms with Crippen LogP contribution in [0.15, 0.2) is 24.3 Å². The van der Waals surface area contributed by atoms with E-state index in [0.29, 0.717) is 30.4 Å². The van der Waals surface area contributed by atoms with Gasteiger partial charge in [0, 0.05) is 36.7 Å². The highest BCUT2D eigenvalue weighted by atomic mass is 16.6. The van der Waals surface area contributed by atoms with Crippen LogP contribution >= 0.6 is 0 Å². The fourth-order valence-electron chi connectivity index (χ4n) is 5.04. The standard InChI is InChI=1S/C22H30O7/c1-10(2)6-19(25)27-9-16-18(28-13(5)23)8-14-11(3)17(24)7-15-12(4)22(26)29-21(15)20(14)16/h10,14-18,20-21,24H,3-4,6-9H2,1-2,5H3. The molecule has 160 valence electrons. The third-order valence-corrected chi connectivity index (χ3v) is 6.36. The van der Waals surface area contributed by atoms with E-state index in [1.165, 1.54) is 6.92 Å². The molecule has 0 radical (unpaired) electrons. The van der Waals surface area contributed by atoms with E-state index in [4.69, 9.17) is 14.2 Å². The van der Waals surface area contributed by atoms with E-state index >= 15 is 0 Å². The molecule has 0 bridgehead atoms. The lowest BCUT2D eigenvalue weighted by Crippen LogP contribution is -2.38. The summed E-state index contributed by atoms with van der Waals surface area (Å²) in [6, 6.07) is 0. The quantitative estimate of drug-likeness (QED) is 0.323. The molecule has 3 fully saturated rings. The van der Waals surface area contributed by atoms with Crippen molar-refractivity contribution in [1.82, 2.24) is 0 Å². The minimum Gasteiger partial charge on any atom is -0.465 e. The first-order valence-electron chi connectivity index (χ1n) is 10.2. The number of hydrogen-bond acceptors (Lipinski definition) is 7. The summed E-state index contributed by atoms with van der Waals surface area (Å²) in [4.78, 5) is 36.0. The molecule has 1 saturated heterocycles. The van der Waals surface area contributed by atoms with Crippen molar-refractivity contribution in [3.8, 4) is 0 Å². The molecule has 3 rings (SSSR count). The van der Waals surface area contributed by atoms with Gasteiger partial charge in [-0.25, -0.2) is 4.79 Å². The molecule has 0 aromatic carbocycles. The Morgan fingerprint density at radius 1 is 1.24 bits per heavy atom. The Morgan fingerprint density at radius 2 is 1.93 bits per heavy atom. The predicted molar refractivity (Wildman–Crippen MR) is 103 cm³/mol. The van der Waals surface area contributed by atoms with Crippen molar-refractivity contribution in [2.45, 2.75) is 58.3 Å². The molecule has 0 aromatic rings. The van der Waals surface area contributed by atoms with Crippen molar-refractivity contribution >= 4 is 17.9 Å². The molecule has 3 aliphatic rings. The second-order valence-corrected chi connectivity index (χ2v) is 8.84. The first-order chi connectivity index (χ1) is 13.6. The summed E-state index contributed by atoms with van der Waals surface area (Å²) in [6.45, 7) is 13.2. The number of hydrogen-bond donors (Lipinski definition) is 1. The lowest BCUT2D eigenvalue weighted by Gasteiger charge is -2.31. The van der Waals surface area contributed by atoms with Crippen LogP contribution in [0, 0.1) is 29.6 Å². The van der Waals surface area contributed by atoms with Crippen LogP contribution in [0.5, 0.6) is 0 Å². The fourth-order valence-corrected chi connectivity index (χ4v) is 5.04. The Kier molecular flexibility index (Phi) is 6.17. The predicted octanol–water partition coefficient (Wildman–Crippen LogP) is 2.18. The maximum Gasteiger partial charge on any atom is 0.334 e. The third kappa shape index (κ3) is 4.25. The van der Waals surface area contributed by atoms with Crippen molar-refractivity contribution in [2.24, 2.45) is 29.6 Å². The molecule has 7 nitrogen and oxygen atoms in total. The van der Waals surface area contributed by atoms with Crippen LogP contribution in [0.2, 0.25) is 0 Å². The van der Waals surface area contributed by atoms with Gasteiger partial charge in [0.2, 0.25) is 0 Å². The monoisotopic (exact) mass is 406 g/mol. The average Bonchev–Trinajstić information content (AvgIpc) is 3.06. The van der Waals surface area contributed by atoms with Gasteiger partial charge in [0.25, 0.3) is 0 Å². The molecule has 0 amide bonds. The largest absolute Gasteiger partial charge is 0.465 e. The summed E-state index contributed by atoms with van der Waals surface area (Å²) in [6.07, 6.45) is -0.766. The van der Waals surface area contributed by atoms with Gasteiger partial charge in [-0.3, -0.25) is 9.59 Å². The number of rotatable bonds is 5. The Balaban J connectivity index is 1.90. The van der Waals surface area contributed by atoms with Crippen LogP contribution in [-0.4, -0.2) is 47.9 Å². The van der Waals surface area contributed by atoms with E-state index in [0.717, 1.165) is 0 Å². The molecule has 1 aliphatic heterocycles. The van der Waals surface area contributed by atoms with Gasteiger partial charge in [0.05, 0.1) is 12.7 Å². The lowest BCUT2D eigenvalue weighted by molar-refractivity contribution is -0.157. The first kappa shape index (κ1) is 21.6. The van der Waals surface area contributed by atoms with Crippen molar-refractivity contribution in [1.29, 1.82) is 0 Å². The molecule has 7 atom stereocenters. The van der Waals surface area contributed by atoms with Crippen LogP contribution < -0.4 is 0 Å². The maximum absolute atomic E-state index is 12.2. The zero-order chi connectivity index (χ0) is 21.5. The van der Waals surface area contributed by atoms with Gasteiger partial charge in [0.1, 0.15) is 12.2 Å². The first-order valence-corrected chi connectivity index (χ1v) is 10.2. The van der Waals surface area contributed by atoms with E-state index in [9.17, 15) is 19.5 Å². The minimum absolute atomic E-state index is 0.0568. The molecule has 2 saturated carbocycles. The van der Waals surface area contributed by atoms with Gasteiger partial charge in [-0.15, -0.1) is 0 Å². The van der Waals surface area contributed by atoms with Gasteiger partial charge in [-0.2, -0.15) is 0 Å². The minimum atomic E-state index is -0.802. The normalized spacial score (nSPS) is 36.3. The number of ether oxygens (including phenoxy) is 3. The van der Waals surface area contributed by atoms with E-state index < -0.39 is 30.3 Å². The maximum atomic E-state index is 12.2. The number of aliphatic hydroxyl groups is 1. The number of carbonyl (C=O) groups is 3. The van der Waals surface area contributed by atoms with E-state index in [2.05, 4.69) is 13.2 Å². The number of esters is 3. The highest BCUT2D eigenvalue weighted by Crippen LogP contribution is 2.53. The van der Waals surface area contributed by atoms with Crippen LogP contribution in [0.3, 0.4) is 0 Å². The molecule has 1 heterocycles. The molecule has 7 unspecified atom stereocenters. The molecule has 2 aliphatic carbocycles. The lowest BCUT2D eigenvalue weighted by atomic mass is 9.79. The van der Waals surface area contributed by atoms with Crippen LogP contribution in [0.4, 0.5) is 0 Å². The molecule has 0 spiro atoms. The molecule has 29 heavy (non-hydrogen) atoms. The van der Waals surface area contributed by atoms with E-state index in [1.54, 1.807) is 0 Å². The van der Waals surface area contributed by atoms with Gasteiger partial charge >= 0.3 is 17.9 Å². The second-order valence-electron chi connectivity index (χ2n) is 8.84. The second kappa shape index (κ2) is 8.30. The van der Waals surface area contributed by atoms with Crippen LogP contribution in [0.1, 0.15) is 40.0 Å². The van der Waals surface area contributed by atoms with Crippen molar-refractivity contribution in [3.63, 3.8) is 0 Å². The zero-order valence-electron chi connectivity index (χ0n) is 17.3. The van der Waals surface area contributed by atoms with Crippen molar-refractivity contribution < 1.29 is 33.7 Å². The summed E-state index contributed by atoms with van der Waals surface area (Å²) >= 11 is 0. The highest BCUT2D eigenvalue weighted by Gasteiger charge is 2.58. The Hall–Kier alpha value is -2.15. The molecular weight excluding hydrogens is 376 g/mol. The highest BCUT2D eigenvalue weighted by molar-refractivity contribution is 5.91. The molecular formula is C22H30O7. The summed E-state index contributed by atoms with van der Waals surface area (Å²) in [5.41, 5.74) is 0.982. The van der Waals surface area contributed by atoms with Crippen molar-refractivity contribution in [3.05, 3.63) is 24.3 Å². The zero-order valence-corrected chi connectivity index (χ0v) is 17.3. The number of fused-ring (bicyclic) bond motifs is 3. The summed E-state index contributed by atoms with van der Waals surface area (Å²) in [5.74, 6) is -2.23. The van der Waals surface area contributed by atoms with E-state index in [-0.39, 0.29) is 42.2 Å². The number of aliphatic hydroxyl groups excluding tert-OH is 1. The van der Waals surface area contributed by atoms with Gasteiger partial charge < -0.3 is 19.3 Å². The fraction of sp³-hybridized carbons (Fsp3) is 0.682. The van der Waals surface area contributed by atoms with Gasteiger partial charge in [-0.1, -0.05) is 27.0 Å². The van der Waals surface area contributed by atoms with E-state index in [1.807, 2.05) is 13.8 Å². The number of carbonyl (C=O) groups excluding carboxylic acids is 3. The topological polar surface area (TPSA) is 99.1 Å². The Bertz CT molecular complexity index is 725. The Morgan fingerprint density at radius 3 is 2.55 bits per heavy atom. The Labute approximate surface area is 171 Å². The summed E-state index contributed by atoms with van der Waals surface area (Å²) < 4.78 is 16.7. The molecule has 1 N–H and O–H groups in total. The summed E-state index contributed by atoms with van der Waals surface area (Å²) in [5, 5.41) is 10.6. The van der Waals surface area contributed by atoms with Crippen LogP contribution in [-0.2, 0) is 28.6 Å². The molecule has 0 aromatic heterocycles. The van der Waals surface area contributed by atoms with Crippen LogP contribution in [0.25, 0.3) is 0 Å². The third-order valence-electron chi connectivity index (χ3n) is 6.36. The van der Waals surface area contributed by atoms with Crippen molar-refractivity contribution in [2.75, 3.05) is 6.61 Å². The smallest absolute Gasteiger partial charge is 0.334 e. The molecule has 7 heteroatoms. The van der Waals surface area contributed by atoms with Gasteiger partial charge in [-0.05, 0) is 30.3 Å². The summed E-state index contributed by atoms with van der Waals surface area (Å²) in [7, 11) is 0. The van der Waals surface area contributed by atoms with Gasteiger partial charge in [0.15, 0.2) is 0 Å². The average molecular weight is 406 g/mol. The SMILES string of the molecule is C=C1C(=O)OC2C1CC(O)C(=C)C1CC(OC(C)=O)C(COC(=O)CC(C)C)C12.